The molecular weight excluding hydrogens is 416 g/mol. The van der Waals surface area contributed by atoms with Crippen LogP contribution < -0.4 is 0 Å². The SMILES string of the molecule is CN(Cc1cnn(Cc2ccccc2)c1)C(=O)[C@@H]1CC=CC[C@H]1c1nc2ccccc2s1. The number of hydrogen-bond donors (Lipinski definition) is 0. The number of hydrogen-bond acceptors (Lipinski definition) is 4. The summed E-state index contributed by atoms with van der Waals surface area (Å²) in [6.07, 6.45) is 9.84. The Labute approximate surface area is 192 Å². The van der Waals surface area contributed by atoms with Gasteiger partial charge in [-0.25, -0.2) is 4.98 Å². The summed E-state index contributed by atoms with van der Waals surface area (Å²) in [6.45, 7) is 1.28. The van der Waals surface area contributed by atoms with Crippen LogP contribution in [0.25, 0.3) is 10.2 Å². The van der Waals surface area contributed by atoms with E-state index in [9.17, 15) is 4.79 Å². The molecule has 1 aliphatic carbocycles. The number of para-hydroxylation sites is 1. The highest BCUT2D eigenvalue weighted by Gasteiger charge is 2.34. The third kappa shape index (κ3) is 4.36. The third-order valence-electron chi connectivity index (χ3n) is 6.05. The van der Waals surface area contributed by atoms with Crippen LogP contribution in [0.4, 0.5) is 0 Å². The number of thiazole rings is 1. The van der Waals surface area contributed by atoms with Crippen LogP contribution in [0.5, 0.6) is 0 Å². The lowest BCUT2D eigenvalue weighted by molar-refractivity contribution is -0.135. The molecule has 2 aromatic heterocycles. The van der Waals surface area contributed by atoms with E-state index in [4.69, 9.17) is 4.98 Å². The minimum absolute atomic E-state index is 0.0788. The maximum Gasteiger partial charge on any atom is 0.226 e. The lowest BCUT2D eigenvalue weighted by Crippen LogP contribution is -2.36. The number of carbonyl (C=O) groups is 1. The first kappa shape index (κ1) is 20.6. The average Bonchev–Trinajstić information content (AvgIpc) is 3.46. The van der Waals surface area contributed by atoms with Gasteiger partial charge in [0, 0.05) is 31.3 Å². The fourth-order valence-corrected chi connectivity index (χ4v) is 5.53. The molecule has 0 unspecified atom stereocenters. The largest absolute Gasteiger partial charge is 0.341 e. The van der Waals surface area contributed by atoms with Gasteiger partial charge in [0.1, 0.15) is 0 Å². The Morgan fingerprint density at radius 2 is 1.84 bits per heavy atom. The van der Waals surface area contributed by atoms with E-state index in [1.807, 2.05) is 65.4 Å². The van der Waals surface area contributed by atoms with Crippen LogP contribution in [-0.4, -0.2) is 32.6 Å². The minimum Gasteiger partial charge on any atom is -0.341 e. The molecule has 6 heteroatoms. The molecule has 162 valence electrons. The number of rotatable bonds is 6. The van der Waals surface area contributed by atoms with Crippen molar-refractivity contribution in [2.75, 3.05) is 7.05 Å². The summed E-state index contributed by atoms with van der Waals surface area (Å²) in [5, 5.41) is 5.55. The number of nitrogens with zero attached hydrogens (tertiary/aromatic N) is 4. The van der Waals surface area contributed by atoms with Gasteiger partial charge < -0.3 is 4.90 Å². The number of aromatic nitrogens is 3. The predicted molar refractivity (Wildman–Crippen MR) is 128 cm³/mol. The second-order valence-electron chi connectivity index (χ2n) is 8.40. The van der Waals surface area contributed by atoms with Crippen LogP contribution in [0.3, 0.4) is 0 Å². The van der Waals surface area contributed by atoms with Gasteiger partial charge >= 0.3 is 0 Å². The Morgan fingerprint density at radius 3 is 2.69 bits per heavy atom. The van der Waals surface area contributed by atoms with E-state index in [0.717, 1.165) is 35.5 Å². The van der Waals surface area contributed by atoms with Crippen molar-refractivity contribution in [2.24, 2.45) is 5.92 Å². The van der Waals surface area contributed by atoms with Gasteiger partial charge in [-0.3, -0.25) is 9.48 Å². The van der Waals surface area contributed by atoms with Crippen LogP contribution >= 0.6 is 11.3 Å². The van der Waals surface area contributed by atoms with Crippen molar-refractivity contribution >= 4 is 27.5 Å². The smallest absolute Gasteiger partial charge is 0.226 e. The Bertz CT molecular complexity index is 1210. The Hall–Kier alpha value is -3.25. The number of benzene rings is 2. The molecule has 2 heterocycles. The number of allylic oxidation sites excluding steroid dienone is 2. The second-order valence-corrected chi connectivity index (χ2v) is 9.46. The molecular formula is C26H26N4OS. The molecule has 4 aromatic rings. The van der Waals surface area contributed by atoms with Crippen LogP contribution in [-0.2, 0) is 17.9 Å². The first-order valence-electron chi connectivity index (χ1n) is 11.0. The van der Waals surface area contributed by atoms with Crippen molar-refractivity contribution in [2.45, 2.75) is 31.8 Å². The molecule has 1 amide bonds. The molecule has 0 saturated heterocycles. The Balaban J connectivity index is 1.28. The summed E-state index contributed by atoms with van der Waals surface area (Å²) >= 11 is 1.72. The Morgan fingerprint density at radius 1 is 1.06 bits per heavy atom. The highest BCUT2D eigenvalue weighted by atomic mass is 32.1. The average molecular weight is 443 g/mol. The molecule has 0 spiro atoms. The molecule has 0 N–H and O–H groups in total. The Kier molecular flexibility index (Phi) is 5.86. The minimum atomic E-state index is -0.0788. The van der Waals surface area contributed by atoms with E-state index < -0.39 is 0 Å². The third-order valence-corrected chi connectivity index (χ3v) is 7.22. The van der Waals surface area contributed by atoms with Gasteiger partial charge in [0.25, 0.3) is 0 Å². The first-order chi connectivity index (χ1) is 15.7. The van der Waals surface area contributed by atoms with Crippen molar-refractivity contribution in [1.82, 2.24) is 19.7 Å². The molecule has 0 saturated carbocycles. The highest BCUT2D eigenvalue weighted by Crippen LogP contribution is 2.39. The van der Waals surface area contributed by atoms with E-state index in [0.29, 0.717) is 6.54 Å². The van der Waals surface area contributed by atoms with Gasteiger partial charge in [-0.1, -0.05) is 54.6 Å². The zero-order valence-electron chi connectivity index (χ0n) is 18.1. The maximum atomic E-state index is 13.4. The molecule has 32 heavy (non-hydrogen) atoms. The van der Waals surface area contributed by atoms with Crippen molar-refractivity contribution in [3.63, 3.8) is 0 Å². The van der Waals surface area contributed by atoms with E-state index in [1.165, 1.54) is 10.3 Å². The van der Waals surface area contributed by atoms with Crippen LogP contribution in [0.2, 0.25) is 0 Å². The quantitative estimate of drug-likeness (QED) is 0.383. The van der Waals surface area contributed by atoms with Crippen molar-refractivity contribution < 1.29 is 4.79 Å². The first-order valence-corrected chi connectivity index (χ1v) is 11.8. The maximum absolute atomic E-state index is 13.4. The summed E-state index contributed by atoms with van der Waals surface area (Å²) < 4.78 is 3.11. The molecule has 0 radical (unpaired) electrons. The topological polar surface area (TPSA) is 51.0 Å². The number of carbonyl (C=O) groups excluding carboxylic acids is 1. The van der Waals surface area contributed by atoms with Gasteiger partial charge in [-0.15, -0.1) is 11.3 Å². The summed E-state index contributed by atoms with van der Waals surface area (Å²) in [5.74, 6) is 0.229. The second kappa shape index (κ2) is 9.09. The van der Waals surface area contributed by atoms with Gasteiger partial charge in [0.05, 0.1) is 33.9 Å². The van der Waals surface area contributed by atoms with Crippen LogP contribution in [0, 0.1) is 5.92 Å². The van der Waals surface area contributed by atoms with E-state index in [1.54, 1.807) is 11.3 Å². The fourth-order valence-electron chi connectivity index (χ4n) is 4.39. The lowest BCUT2D eigenvalue weighted by Gasteiger charge is -2.29. The molecule has 0 fully saturated rings. The molecule has 5 nitrogen and oxygen atoms in total. The molecule has 0 bridgehead atoms. The van der Waals surface area contributed by atoms with Gasteiger partial charge in [-0.05, 0) is 30.5 Å². The monoisotopic (exact) mass is 442 g/mol. The predicted octanol–water partition coefficient (Wildman–Crippen LogP) is 5.25. The van der Waals surface area contributed by atoms with E-state index >= 15 is 0 Å². The zero-order chi connectivity index (χ0) is 21.9. The van der Waals surface area contributed by atoms with Crippen LogP contribution in [0.1, 0.15) is 34.9 Å². The lowest BCUT2D eigenvalue weighted by atomic mass is 9.82. The van der Waals surface area contributed by atoms with Crippen LogP contribution in [0.15, 0.2) is 79.1 Å². The molecule has 0 aliphatic heterocycles. The number of fused-ring (bicyclic) bond motifs is 1. The van der Waals surface area contributed by atoms with E-state index in [2.05, 4.69) is 35.4 Å². The highest BCUT2D eigenvalue weighted by molar-refractivity contribution is 7.18. The summed E-state index contributed by atoms with van der Waals surface area (Å²) in [7, 11) is 1.89. The summed E-state index contributed by atoms with van der Waals surface area (Å²) in [6, 6.07) is 18.5. The molecule has 2 atom stereocenters. The van der Waals surface area contributed by atoms with Gasteiger partial charge in [0.2, 0.25) is 5.91 Å². The molecule has 2 aromatic carbocycles. The van der Waals surface area contributed by atoms with Gasteiger partial charge in [0.15, 0.2) is 0 Å². The zero-order valence-corrected chi connectivity index (χ0v) is 18.9. The van der Waals surface area contributed by atoms with Gasteiger partial charge in [-0.2, -0.15) is 5.10 Å². The van der Waals surface area contributed by atoms with Crippen molar-refractivity contribution in [3.05, 3.63) is 95.3 Å². The number of amides is 1. The van der Waals surface area contributed by atoms with E-state index in [-0.39, 0.29) is 17.7 Å². The summed E-state index contributed by atoms with van der Waals surface area (Å²) in [4.78, 5) is 20.1. The normalized spacial score (nSPS) is 18.2. The van der Waals surface area contributed by atoms with Crippen molar-refractivity contribution in [1.29, 1.82) is 0 Å². The molecule has 5 rings (SSSR count). The fraction of sp³-hybridized carbons (Fsp3) is 0.269. The standard InChI is InChI=1S/C26H26N4OS/c1-29(16-20-15-27-30(18-20)17-19-9-3-2-4-10-19)26(31)22-12-6-5-11-21(22)25-28-23-13-7-8-14-24(23)32-25/h2-10,13-15,18,21-22H,11-12,16-17H2,1H3/t21-,22-/m1/s1. The van der Waals surface area contributed by atoms with Crippen molar-refractivity contribution in [3.8, 4) is 0 Å². The summed E-state index contributed by atoms with van der Waals surface area (Å²) in [5.41, 5.74) is 3.27. The molecule has 1 aliphatic rings.